The van der Waals surface area contributed by atoms with Crippen LogP contribution in [0.15, 0.2) is 36.7 Å². The van der Waals surface area contributed by atoms with E-state index in [2.05, 4.69) is 19.4 Å². The van der Waals surface area contributed by atoms with Crippen molar-refractivity contribution in [3.63, 3.8) is 0 Å². The Morgan fingerprint density at radius 3 is 2.74 bits per heavy atom. The highest BCUT2D eigenvalue weighted by Crippen LogP contribution is 2.52. The van der Waals surface area contributed by atoms with Gasteiger partial charge < -0.3 is 9.30 Å². The minimum atomic E-state index is -0.640. The Morgan fingerprint density at radius 1 is 1.19 bits per heavy atom. The first kappa shape index (κ1) is 16.6. The third-order valence-corrected chi connectivity index (χ3v) is 5.91. The predicted octanol–water partition coefficient (Wildman–Crippen LogP) is 3.00. The zero-order valence-corrected chi connectivity index (χ0v) is 15.0. The smallest absolute Gasteiger partial charge is 0.167 e. The topological polar surface area (TPSA) is 43.2 Å². The Bertz CT molecular complexity index is 993. The van der Waals surface area contributed by atoms with E-state index in [0.29, 0.717) is 24.4 Å². The summed E-state index contributed by atoms with van der Waals surface area (Å²) in [5.74, 6) is 1.58. The molecule has 0 spiro atoms. The SMILES string of the molecule is Cn1c(CN2C[C@@H]3C(COc4ccc(F)cc4F)[C@@H]3C2)nc2cnccc21. The quantitative estimate of drug-likeness (QED) is 0.693. The minimum Gasteiger partial charge on any atom is -0.490 e. The third kappa shape index (κ3) is 2.96. The number of hydrogen-bond acceptors (Lipinski definition) is 4. The van der Waals surface area contributed by atoms with Gasteiger partial charge in [0, 0.05) is 38.3 Å². The highest BCUT2D eigenvalue weighted by atomic mass is 19.1. The molecule has 1 aliphatic heterocycles. The van der Waals surface area contributed by atoms with Gasteiger partial charge in [-0.2, -0.15) is 0 Å². The van der Waals surface area contributed by atoms with Crippen LogP contribution in [0.25, 0.3) is 11.0 Å². The molecule has 2 fully saturated rings. The summed E-state index contributed by atoms with van der Waals surface area (Å²) in [5, 5.41) is 0. The van der Waals surface area contributed by atoms with Gasteiger partial charge in [0.25, 0.3) is 0 Å². The third-order valence-electron chi connectivity index (χ3n) is 5.91. The normalized spacial score (nSPS) is 24.3. The highest BCUT2D eigenvalue weighted by Gasteiger charge is 2.55. The van der Waals surface area contributed by atoms with Gasteiger partial charge in [-0.15, -0.1) is 0 Å². The van der Waals surface area contributed by atoms with Crippen molar-refractivity contribution in [1.29, 1.82) is 0 Å². The lowest BCUT2D eigenvalue weighted by atomic mass is 10.2. The Labute approximate surface area is 155 Å². The summed E-state index contributed by atoms with van der Waals surface area (Å²) in [6.45, 7) is 3.32. The summed E-state index contributed by atoms with van der Waals surface area (Å²) in [4.78, 5) is 11.2. The van der Waals surface area contributed by atoms with Crippen LogP contribution in [0.3, 0.4) is 0 Å². The molecule has 0 N–H and O–H groups in total. The van der Waals surface area contributed by atoms with Crippen LogP contribution >= 0.6 is 0 Å². The second-order valence-electron chi connectivity index (χ2n) is 7.52. The molecule has 0 amide bonds. The molecule has 1 unspecified atom stereocenters. The zero-order chi connectivity index (χ0) is 18.5. The lowest BCUT2D eigenvalue weighted by molar-refractivity contribution is 0.221. The van der Waals surface area contributed by atoms with E-state index in [1.54, 1.807) is 12.4 Å². The van der Waals surface area contributed by atoms with E-state index in [0.717, 1.165) is 42.6 Å². The second-order valence-corrected chi connectivity index (χ2v) is 7.52. The van der Waals surface area contributed by atoms with Crippen LogP contribution in [0.4, 0.5) is 8.78 Å². The van der Waals surface area contributed by atoms with Crippen molar-refractivity contribution in [2.24, 2.45) is 24.8 Å². The number of ether oxygens (including phenoxy) is 1. The average molecular weight is 370 g/mol. The molecular weight excluding hydrogens is 350 g/mol. The Hall–Kier alpha value is -2.54. The molecule has 2 aromatic heterocycles. The maximum atomic E-state index is 13.7. The Kier molecular flexibility index (Phi) is 3.86. The fourth-order valence-corrected chi connectivity index (χ4v) is 4.33. The first-order valence-corrected chi connectivity index (χ1v) is 9.15. The van der Waals surface area contributed by atoms with Crippen LogP contribution in [0.2, 0.25) is 0 Å². The van der Waals surface area contributed by atoms with Gasteiger partial charge in [0.2, 0.25) is 0 Å². The van der Waals surface area contributed by atoms with E-state index in [1.807, 2.05) is 13.1 Å². The van der Waals surface area contributed by atoms with Crippen LogP contribution in [-0.2, 0) is 13.6 Å². The summed E-state index contributed by atoms with van der Waals surface area (Å²) in [7, 11) is 2.04. The molecule has 3 atom stereocenters. The van der Waals surface area contributed by atoms with Gasteiger partial charge in [-0.1, -0.05) is 0 Å². The number of imidazole rings is 1. The van der Waals surface area contributed by atoms with Gasteiger partial charge in [-0.05, 0) is 30.0 Å². The van der Waals surface area contributed by atoms with Gasteiger partial charge in [0.1, 0.15) is 17.2 Å². The van der Waals surface area contributed by atoms with Crippen molar-refractivity contribution >= 4 is 11.0 Å². The van der Waals surface area contributed by atoms with E-state index >= 15 is 0 Å². The number of nitrogens with zero attached hydrogens (tertiary/aromatic N) is 4. The van der Waals surface area contributed by atoms with Crippen molar-refractivity contribution in [2.75, 3.05) is 19.7 Å². The Morgan fingerprint density at radius 2 is 2.00 bits per heavy atom. The minimum absolute atomic E-state index is 0.131. The average Bonchev–Trinajstić information content (AvgIpc) is 2.98. The highest BCUT2D eigenvalue weighted by molar-refractivity contribution is 5.74. The van der Waals surface area contributed by atoms with E-state index in [-0.39, 0.29) is 5.75 Å². The number of benzene rings is 1. The Balaban J connectivity index is 1.17. The molecule has 140 valence electrons. The molecule has 1 aliphatic carbocycles. The standard InChI is InChI=1S/C20H20F2N4O/c1-25-18-4-5-23-7-17(18)24-20(25)10-26-8-13-14(9-26)15(13)11-27-19-3-2-12(21)6-16(19)22/h2-7,13-15H,8-11H2,1H3/t13-,14+,15?. The monoisotopic (exact) mass is 370 g/mol. The predicted molar refractivity (Wildman–Crippen MR) is 96.1 cm³/mol. The van der Waals surface area contributed by atoms with E-state index in [4.69, 9.17) is 4.74 Å². The van der Waals surface area contributed by atoms with Crippen LogP contribution in [-0.4, -0.2) is 39.1 Å². The molecule has 3 heterocycles. The number of rotatable bonds is 5. The maximum absolute atomic E-state index is 13.7. The molecule has 27 heavy (non-hydrogen) atoms. The first-order chi connectivity index (χ1) is 13.1. The van der Waals surface area contributed by atoms with Crippen molar-refractivity contribution < 1.29 is 13.5 Å². The largest absolute Gasteiger partial charge is 0.490 e. The number of piperidine rings is 1. The molecule has 1 saturated carbocycles. The number of halogens is 2. The van der Waals surface area contributed by atoms with E-state index in [1.165, 1.54) is 12.1 Å². The number of hydrogen-bond donors (Lipinski definition) is 0. The molecule has 0 bridgehead atoms. The van der Waals surface area contributed by atoms with E-state index in [9.17, 15) is 8.78 Å². The molecule has 1 saturated heterocycles. The summed E-state index contributed by atoms with van der Waals surface area (Å²) in [5.41, 5.74) is 2.02. The fourth-order valence-electron chi connectivity index (χ4n) is 4.33. The van der Waals surface area contributed by atoms with Crippen LogP contribution in [0.1, 0.15) is 5.82 Å². The van der Waals surface area contributed by atoms with Gasteiger partial charge in [0.05, 0.1) is 24.9 Å². The zero-order valence-electron chi connectivity index (χ0n) is 15.0. The first-order valence-electron chi connectivity index (χ1n) is 9.15. The fraction of sp³-hybridized carbons (Fsp3) is 0.400. The number of aryl methyl sites for hydroxylation is 1. The number of likely N-dealkylation sites (tertiary alicyclic amines) is 1. The lowest BCUT2D eigenvalue weighted by Gasteiger charge is -2.19. The van der Waals surface area contributed by atoms with Crippen LogP contribution in [0, 0.1) is 29.4 Å². The summed E-state index contributed by atoms with van der Waals surface area (Å²) in [6.07, 6.45) is 3.58. The molecule has 1 aromatic carbocycles. The second kappa shape index (κ2) is 6.27. The summed E-state index contributed by atoms with van der Waals surface area (Å²) < 4.78 is 34.3. The number of pyridine rings is 1. The van der Waals surface area contributed by atoms with Crippen molar-refractivity contribution in [3.8, 4) is 5.75 Å². The van der Waals surface area contributed by atoms with Gasteiger partial charge >= 0.3 is 0 Å². The molecule has 3 aromatic rings. The number of fused-ring (bicyclic) bond motifs is 2. The number of aromatic nitrogens is 3. The maximum Gasteiger partial charge on any atom is 0.167 e. The molecule has 5 nitrogen and oxygen atoms in total. The molecule has 7 heteroatoms. The van der Waals surface area contributed by atoms with Crippen molar-refractivity contribution in [2.45, 2.75) is 6.54 Å². The lowest BCUT2D eigenvalue weighted by Crippen LogP contribution is -2.26. The van der Waals surface area contributed by atoms with Crippen molar-refractivity contribution in [1.82, 2.24) is 19.4 Å². The van der Waals surface area contributed by atoms with Gasteiger partial charge in [0.15, 0.2) is 11.6 Å². The van der Waals surface area contributed by atoms with Crippen molar-refractivity contribution in [3.05, 3.63) is 54.1 Å². The molecule has 2 aliphatic rings. The molecule has 5 rings (SSSR count). The van der Waals surface area contributed by atoms with E-state index < -0.39 is 11.6 Å². The van der Waals surface area contributed by atoms with Crippen LogP contribution < -0.4 is 4.74 Å². The van der Waals surface area contributed by atoms with Gasteiger partial charge in [-0.3, -0.25) is 9.88 Å². The summed E-state index contributed by atoms with van der Waals surface area (Å²) >= 11 is 0. The van der Waals surface area contributed by atoms with Crippen LogP contribution in [0.5, 0.6) is 5.75 Å². The summed E-state index contributed by atoms with van der Waals surface area (Å²) in [6, 6.07) is 5.42. The van der Waals surface area contributed by atoms with Gasteiger partial charge in [-0.25, -0.2) is 13.8 Å². The molecule has 0 radical (unpaired) electrons. The molecular formula is C20H20F2N4O.